The summed E-state index contributed by atoms with van der Waals surface area (Å²) >= 11 is 1.71. The van der Waals surface area contributed by atoms with Crippen LogP contribution >= 0.6 is 11.3 Å². The van der Waals surface area contributed by atoms with Crippen molar-refractivity contribution < 1.29 is 4.79 Å². The number of carbonyl (C=O) groups is 1. The van der Waals surface area contributed by atoms with Crippen LogP contribution in [-0.4, -0.2) is 32.2 Å². The third-order valence-corrected chi connectivity index (χ3v) is 4.83. The lowest BCUT2D eigenvalue weighted by molar-refractivity contribution is 0.190. The Kier molecular flexibility index (Phi) is 3.92. The number of amides is 2. The van der Waals surface area contributed by atoms with Crippen molar-refractivity contribution in [3.63, 3.8) is 0 Å². The first-order valence-corrected chi connectivity index (χ1v) is 7.99. The van der Waals surface area contributed by atoms with Gasteiger partial charge in [-0.2, -0.15) is 0 Å². The van der Waals surface area contributed by atoms with Gasteiger partial charge >= 0.3 is 6.03 Å². The smallest absolute Gasteiger partial charge is 0.318 e. The van der Waals surface area contributed by atoms with Crippen molar-refractivity contribution >= 4 is 17.4 Å². The first-order chi connectivity index (χ1) is 10.2. The zero-order chi connectivity index (χ0) is 14.8. The van der Waals surface area contributed by atoms with Crippen LogP contribution in [-0.2, 0) is 7.05 Å². The van der Waals surface area contributed by atoms with Gasteiger partial charge in [-0.05, 0) is 31.2 Å². The predicted octanol–water partition coefficient (Wildman–Crippen LogP) is 2.48. The number of rotatable bonds is 3. The molecule has 2 aromatic heterocycles. The first-order valence-electron chi connectivity index (χ1n) is 7.11. The molecule has 6 nitrogen and oxygen atoms in total. The molecule has 1 aliphatic rings. The molecule has 1 aliphatic heterocycles. The Morgan fingerprint density at radius 3 is 3.10 bits per heavy atom. The Hall–Kier alpha value is -1.89. The number of urea groups is 1. The van der Waals surface area contributed by atoms with Crippen LogP contribution in [0.1, 0.15) is 42.6 Å². The van der Waals surface area contributed by atoms with E-state index in [-0.39, 0.29) is 18.1 Å². The zero-order valence-electron chi connectivity index (χ0n) is 12.2. The minimum absolute atomic E-state index is 0.0265. The molecule has 21 heavy (non-hydrogen) atoms. The number of likely N-dealkylation sites (tertiary alicyclic amines) is 1. The number of hydrogen-bond donors (Lipinski definition) is 1. The van der Waals surface area contributed by atoms with Crippen LogP contribution in [0.2, 0.25) is 0 Å². The molecule has 1 fully saturated rings. The fourth-order valence-corrected chi connectivity index (χ4v) is 3.68. The van der Waals surface area contributed by atoms with Gasteiger partial charge in [0.25, 0.3) is 0 Å². The number of carbonyl (C=O) groups excluding carboxylic acids is 1. The van der Waals surface area contributed by atoms with E-state index < -0.39 is 0 Å². The summed E-state index contributed by atoms with van der Waals surface area (Å²) in [6, 6.07) is 4.16. The van der Waals surface area contributed by atoms with Gasteiger partial charge in [0.05, 0.1) is 12.1 Å². The highest BCUT2D eigenvalue weighted by molar-refractivity contribution is 7.10. The van der Waals surface area contributed by atoms with Gasteiger partial charge in [0, 0.05) is 18.5 Å². The molecule has 3 rings (SSSR count). The van der Waals surface area contributed by atoms with Gasteiger partial charge in [-0.25, -0.2) is 4.79 Å². The lowest BCUT2D eigenvalue weighted by atomic mass is 10.2. The van der Waals surface area contributed by atoms with Crippen LogP contribution in [0.3, 0.4) is 0 Å². The van der Waals surface area contributed by atoms with Crippen LogP contribution in [0.4, 0.5) is 4.79 Å². The third-order valence-electron chi connectivity index (χ3n) is 3.86. The standard InChI is InChI=1S/C14H19N5OS/c1-10(13-17-15-9-18(13)2)16-14(20)19-7-3-5-11(19)12-6-4-8-21-12/h4,6,8-11H,3,5,7H2,1-2H3,(H,16,20). The highest BCUT2D eigenvalue weighted by Gasteiger charge is 2.31. The second-order valence-electron chi connectivity index (χ2n) is 5.34. The average molecular weight is 305 g/mol. The number of hydrogen-bond acceptors (Lipinski definition) is 4. The van der Waals surface area contributed by atoms with E-state index in [0.29, 0.717) is 0 Å². The summed E-state index contributed by atoms with van der Waals surface area (Å²) in [5, 5.41) is 13.0. The summed E-state index contributed by atoms with van der Waals surface area (Å²) in [6.45, 7) is 2.73. The molecule has 1 saturated heterocycles. The Labute approximate surface area is 127 Å². The second-order valence-corrected chi connectivity index (χ2v) is 6.32. The highest BCUT2D eigenvalue weighted by Crippen LogP contribution is 2.34. The van der Waals surface area contributed by atoms with Gasteiger partial charge in [-0.3, -0.25) is 0 Å². The molecular weight excluding hydrogens is 286 g/mol. The Morgan fingerprint density at radius 2 is 2.43 bits per heavy atom. The largest absolute Gasteiger partial charge is 0.328 e. The van der Waals surface area contributed by atoms with Crippen LogP contribution in [0.15, 0.2) is 23.8 Å². The van der Waals surface area contributed by atoms with E-state index >= 15 is 0 Å². The van der Waals surface area contributed by atoms with Crippen LogP contribution in [0.25, 0.3) is 0 Å². The molecule has 0 aliphatic carbocycles. The number of nitrogens with one attached hydrogen (secondary N) is 1. The quantitative estimate of drug-likeness (QED) is 0.947. The SMILES string of the molecule is CC(NC(=O)N1CCCC1c1cccs1)c1nncn1C. The predicted molar refractivity (Wildman–Crippen MR) is 80.9 cm³/mol. The molecule has 2 unspecified atom stereocenters. The number of nitrogens with zero attached hydrogens (tertiary/aromatic N) is 4. The van der Waals surface area contributed by atoms with Crippen molar-refractivity contribution in [3.8, 4) is 0 Å². The molecule has 2 aromatic rings. The third kappa shape index (κ3) is 2.78. The maximum absolute atomic E-state index is 12.5. The normalized spacial score (nSPS) is 19.7. The molecule has 0 aromatic carbocycles. The summed E-state index contributed by atoms with van der Waals surface area (Å²) in [7, 11) is 1.88. The van der Waals surface area contributed by atoms with Gasteiger partial charge in [0.15, 0.2) is 5.82 Å². The second kappa shape index (κ2) is 5.85. The van der Waals surface area contributed by atoms with E-state index in [0.717, 1.165) is 25.2 Å². The van der Waals surface area contributed by atoms with Crippen molar-refractivity contribution in [1.82, 2.24) is 25.0 Å². The Morgan fingerprint density at radius 1 is 1.57 bits per heavy atom. The fraction of sp³-hybridized carbons (Fsp3) is 0.500. The van der Waals surface area contributed by atoms with E-state index in [1.807, 2.05) is 29.5 Å². The number of thiophene rings is 1. The molecule has 0 bridgehead atoms. The van der Waals surface area contributed by atoms with Crippen LogP contribution < -0.4 is 5.32 Å². The van der Waals surface area contributed by atoms with Gasteiger partial charge in [0.1, 0.15) is 6.33 Å². The first kappa shape index (κ1) is 14.1. The van der Waals surface area contributed by atoms with Crippen molar-refractivity contribution in [2.75, 3.05) is 6.54 Å². The summed E-state index contributed by atoms with van der Waals surface area (Å²) in [6.07, 6.45) is 3.73. The van der Waals surface area contributed by atoms with Crippen molar-refractivity contribution in [3.05, 3.63) is 34.5 Å². The van der Waals surface area contributed by atoms with E-state index in [4.69, 9.17) is 0 Å². The molecular formula is C14H19N5OS. The summed E-state index contributed by atoms with van der Waals surface area (Å²) in [5.41, 5.74) is 0. The van der Waals surface area contributed by atoms with E-state index in [1.165, 1.54) is 4.88 Å². The molecule has 7 heteroatoms. The highest BCUT2D eigenvalue weighted by atomic mass is 32.1. The monoisotopic (exact) mass is 305 g/mol. The van der Waals surface area contributed by atoms with E-state index in [9.17, 15) is 4.79 Å². The van der Waals surface area contributed by atoms with Gasteiger partial charge in [-0.1, -0.05) is 6.07 Å². The lowest BCUT2D eigenvalue weighted by Gasteiger charge is -2.26. The molecule has 2 atom stereocenters. The molecule has 1 N–H and O–H groups in total. The van der Waals surface area contributed by atoms with Crippen molar-refractivity contribution in [1.29, 1.82) is 0 Å². The van der Waals surface area contributed by atoms with Gasteiger partial charge in [0.2, 0.25) is 0 Å². The Balaban J connectivity index is 1.69. The van der Waals surface area contributed by atoms with Crippen molar-refractivity contribution in [2.24, 2.45) is 7.05 Å². The number of aromatic nitrogens is 3. The molecule has 0 radical (unpaired) electrons. The Bertz CT molecular complexity index is 609. The molecule has 3 heterocycles. The van der Waals surface area contributed by atoms with E-state index in [1.54, 1.807) is 17.7 Å². The van der Waals surface area contributed by atoms with Crippen molar-refractivity contribution in [2.45, 2.75) is 31.8 Å². The van der Waals surface area contributed by atoms with Crippen LogP contribution in [0, 0.1) is 0 Å². The minimum Gasteiger partial charge on any atom is -0.328 e. The van der Waals surface area contributed by atoms with Gasteiger partial charge in [-0.15, -0.1) is 21.5 Å². The molecule has 112 valence electrons. The number of aryl methyl sites for hydroxylation is 1. The molecule has 0 spiro atoms. The fourth-order valence-electron chi connectivity index (χ4n) is 2.80. The average Bonchev–Trinajstić information content (AvgIpc) is 3.19. The molecule has 0 saturated carbocycles. The molecule has 2 amide bonds. The van der Waals surface area contributed by atoms with E-state index in [2.05, 4.69) is 27.0 Å². The summed E-state index contributed by atoms with van der Waals surface area (Å²) < 4.78 is 1.83. The topological polar surface area (TPSA) is 63.1 Å². The summed E-state index contributed by atoms with van der Waals surface area (Å²) in [5.74, 6) is 0.759. The maximum Gasteiger partial charge on any atom is 0.318 e. The lowest BCUT2D eigenvalue weighted by Crippen LogP contribution is -2.41. The van der Waals surface area contributed by atoms with Crippen LogP contribution in [0.5, 0.6) is 0 Å². The van der Waals surface area contributed by atoms with Gasteiger partial charge < -0.3 is 14.8 Å². The minimum atomic E-state index is -0.158. The zero-order valence-corrected chi connectivity index (χ0v) is 13.0. The summed E-state index contributed by atoms with van der Waals surface area (Å²) in [4.78, 5) is 15.7. The maximum atomic E-state index is 12.5.